The van der Waals surface area contributed by atoms with Gasteiger partial charge in [-0.15, -0.1) is 0 Å². The molecule has 1 amide bonds. The average Bonchev–Trinajstić information content (AvgIpc) is 3.30. The Kier molecular flexibility index (Phi) is 4.59. The fourth-order valence-electron chi connectivity index (χ4n) is 4.17. The molecule has 0 aliphatic carbocycles. The number of aromatic nitrogens is 1. The van der Waals surface area contributed by atoms with Gasteiger partial charge in [0.2, 0.25) is 0 Å². The number of aromatic amines is 1. The first-order chi connectivity index (χ1) is 14.5. The molecule has 0 saturated carbocycles. The SMILES string of the molecule is COc1ccc(F)cc1C(c1cc2ccccc2[nH]1)N1Cc2ccc(Br)cc2C1=O. The summed E-state index contributed by atoms with van der Waals surface area (Å²) in [5.74, 6) is 0.0603. The van der Waals surface area contributed by atoms with Crippen LogP contribution in [0.5, 0.6) is 5.75 Å². The minimum atomic E-state index is -0.526. The highest BCUT2D eigenvalue weighted by Gasteiger charge is 2.36. The molecule has 1 N–H and O–H groups in total. The molecule has 6 heteroatoms. The van der Waals surface area contributed by atoms with Gasteiger partial charge in [-0.25, -0.2) is 4.39 Å². The lowest BCUT2D eigenvalue weighted by Gasteiger charge is -2.29. The Balaban J connectivity index is 1.70. The van der Waals surface area contributed by atoms with Crippen LogP contribution in [0.1, 0.15) is 33.2 Å². The minimum absolute atomic E-state index is 0.0960. The summed E-state index contributed by atoms with van der Waals surface area (Å²) >= 11 is 3.45. The second-order valence-electron chi connectivity index (χ2n) is 7.34. The van der Waals surface area contributed by atoms with E-state index < -0.39 is 6.04 Å². The number of para-hydroxylation sites is 1. The summed E-state index contributed by atoms with van der Waals surface area (Å²) < 4.78 is 20.7. The molecule has 0 saturated heterocycles. The largest absolute Gasteiger partial charge is 0.496 e. The number of nitrogens with zero attached hydrogens (tertiary/aromatic N) is 1. The van der Waals surface area contributed by atoms with E-state index in [-0.39, 0.29) is 11.7 Å². The van der Waals surface area contributed by atoms with Crippen molar-refractivity contribution in [3.63, 3.8) is 0 Å². The lowest BCUT2D eigenvalue weighted by Crippen LogP contribution is -2.30. The Morgan fingerprint density at radius 2 is 1.93 bits per heavy atom. The number of fused-ring (bicyclic) bond motifs is 2. The fraction of sp³-hybridized carbons (Fsp3) is 0.125. The zero-order valence-electron chi connectivity index (χ0n) is 16.2. The number of carbonyl (C=O) groups is 1. The summed E-state index contributed by atoms with van der Waals surface area (Å²) in [7, 11) is 1.55. The molecule has 1 unspecified atom stereocenters. The smallest absolute Gasteiger partial charge is 0.255 e. The van der Waals surface area contributed by atoms with Crippen LogP contribution >= 0.6 is 15.9 Å². The summed E-state index contributed by atoms with van der Waals surface area (Å²) in [6.45, 7) is 0.432. The number of benzene rings is 3. The number of hydrogen-bond donors (Lipinski definition) is 1. The average molecular weight is 465 g/mol. The lowest BCUT2D eigenvalue weighted by molar-refractivity contribution is 0.0726. The van der Waals surface area contributed by atoms with Gasteiger partial charge in [0.05, 0.1) is 7.11 Å². The third kappa shape index (κ3) is 3.08. The van der Waals surface area contributed by atoms with E-state index in [2.05, 4.69) is 20.9 Å². The van der Waals surface area contributed by atoms with Gasteiger partial charge in [0, 0.05) is 33.4 Å². The van der Waals surface area contributed by atoms with Gasteiger partial charge in [-0.05, 0) is 53.4 Å². The van der Waals surface area contributed by atoms with Gasteiger partial charge in [0.15, 0.2) is 0 Å². The van der Waals surface area contributed by atoms with Crippen molar-refractivity contribution in [1.29, 1.82) is 0 Å². The van der Waals surface area contributed by atoms with Crippen LogP contribution in [0, 0.1) is 5.82 Å². The van der Waals surface area contributed by atoms with Gasteiger partial charge in [-0.1, -0.05) is 40.2 Å². The second kappa shape index (κ2) is 7.29. The quantitative estimate of drug-likeness (QED) is 0.413. The molecule has 4 aromatic rings. The predicted octanol–water partition coefficient (Wildman–Crippen LogP) is 5.82. The Labute approximate surface area is 181 Å². The number of carbonyl (C=O) groups excluding carboxylic acids is 1. The van der Waals surface area contributed by atoms with Crippen molar-refractivity contribution in [3.8, 4) is 5.75 Å². The lowest BCUT2D eigenvalue weighted by atomic mass is 10.0. The van der Waals surface area contributed by atoms with Gasteiger partial charge in [0.1, 0.15) is 17.6 Å². The zero-order valence-corrected chi connectivity index (χ0v) is 17.7. The van der Waals surface area contributed by atoms with Crippen molar-refractivity contribution in [2.75, 3.05) is 7.11 Å². The Morgan fingerprint density at radius 1 is 1.10 bits per heavy atom. The fourth-order valence-corrected chi connectivity index (χ4v) is 4.53. The minimum Gasteiger partial charge on any atom is -0.496 e. The molecular formula is C24H18BrFN2O2. The number of nitrogens with one attached hydrogen (secondary N) is 1. The zero-order chi connectivity index (χ0) is 20.8. The molecule has 1 atom stereocenters. The van der Waals surface area contributed by atoms with Gasteiger partial charge < -0.3 is 14.6 Å². The Hall–Kier alpha value is -3.12. The topological polar surface area (TPSA) is 45.3 Å². The van der Waals surface area contributed by atoms with Gasteiger partial charge in [-0.3, -0.25) is 4.79 Å². The van der Waals surface area contributed by atoms with Gasteiger partial charge in [0.25, 0.3) is 5.91 Å². The molecule has 2 heterocycles. The maximum atomic E-state index is 14.3. The molecule has 1 aromatic heterocycles. The van der Waals surface area contributed by atoms with E-state index in [0.29, 0.717) is 23.4 Å². The van der Waals surface area contributed by atoms with Gasteiger partial charge in [-0.2, -0.15) is 0 Å². The summed E-state index contributed by atoms with van der Waals surface area (Å²) in [5, 5.41) is 1.03. The van der Waals surface area contributed by atoms with Crippen molar-refractivity contribution < 1.29 is 13.9 Å². The summed E-state index contributed by atoms with van der Waals surface area (Å²) in [6, 6.07) is 19.5. The van der Waals surface area contributed by atoms with Crippen molar-refractivity contribution in [1.82, 2.24) is 9.88 Å². The first-order valence-electron chi connectivity index (χ1n) is 9.55. The van der Waals surface area contributed by atoms with Crippen molar-refractivity contribution in [3.05, 3.63) is 99.4 Å². The molecule has 0 radical (unpaired) electrons. The van der Waals surface area contributed by atoms with Crippen LogP contribution in [0.25, 0.3) is 10.9 Å². The monoisotopic (exact) mass is 464 g/mol. The standard InChI is InChI=1S/C24H18BrFN2O2/c1-30-22-9-8-17(26)12-19(22)23(21-10-14-4-2-3-5-20(14)27-21)28-13-15-6-7-16(25)11-18(15)24(28)29/h2-12,23,27H,13H2,1H3. The number of ether oxygens (including phenoxy) is 1. The van der Waals surface area contributed by atoms with E-state index in [1.54, 1.807) is 18.1 Å². The Bertz CT molecular complexity index is 1250. The second-order valence-corrected chi connectivity index (χ2v) is 8.25. The van der Waals surface area contributed by atoms with E-state index in [0.717, 1.165) is 26.6 Å². The molecule has 1 aliphatic rings. The molecule has 30 heavy (non-hydrogen) atoms. The van der Waals surface area contributed by atoms with E-state index >= 15 is 0 Å². The van der Waals surface area contributed by atoms with Crippen LogP contribution in [0.15, 0.2) is 71.2 Å². The molecule has 5 rings (SSSR count). The number of rotatable bonds is 4. The summed E-state index contributed by atoms with van der Waals surface area (Å²) in [6.07, 6.45) is 0. The number of hydrogen-bond acceptors (Lipinski definition) is 2. The number of amides is 1. The van der Waals surface area contributed by atoms with Crippen molar-refractivity contribution in [2.45, 2.75) is 12.6 Å². The van der Waals surface area contributed by atoms with E-state index in [1.165, 1.54) is 12.1 Å². The van der Waals surface area contributed by atoms with Crippen LogP contribution in [0.4, 0.5) is 4.39 Å². The molecular weight excluding hydrogens is 447 g/mol. The maximum Gasteiger partial charge on any atom is 0.255 e. The third-order valence-corrected chi connectivity index (χ3v) is 6.04. The molecule has 0 fully saturated rings. The number of H-pyrrole nitrogens is 1. The first-order valence-corrected chi connectivity index (χ1v) is 10.3. The summed E-state index contributed by atoms with van der Waals surface area (Å²) in [4.78, 5) is 18.6. The van der Waals surface area contributed by atoms with Crippen LogP contribution in [0.3, 0.4) is 0 Å². The van der Waals surface area contributed by atoms with Gasteiger partial charge >= 0.3 is 0 Å². The van der Waals surface area contributed by atoms with Crippen LogP contribution in [0.2, 0.25) is 0 Å². The molecule has 4 nitrogen and oxygen atoms in total. The summed E-state index contributed by atoms with van der Waals surface area (Å²) in [5.41, 5.74) is 3.96. The van der Waals surface area contributed by atoms with E-state index in [4.69, 9.17) is 4.74 Å². The molecule has 3 aromatic carbocycles. The van der Waals surface area contributed by atoms with Crippen LogP contribution in [-0.2, 0) is 6.54 Å². The third-order valence-electron chi connectivity index (χ3n) is 5.55. The van der Waals surface area contributed by atoms with E-state index in [9.17, 15) is 9.18 Å². The highest BCUT2D eigenvalue weighted by Crippen LogP contribution is 2.40. The van der Waals surface area contributed by atoms with Crippen LogP contribution in [-0.4, -0.2) is 22.9 Å². The number of methoxy groups -OCH3 is 1. The predicted molar refractivity (Wildman–Crippen MR) is 117 cm³/mol. The maximum absolute atomic E-state index is 14.3. The molecule has 1 aliphatic heterocycles. The van der Waals surface area contributed by atoms with Crippen molar-refractivity contribution in [2.24, 2.45) is 0 Å². The van der Waals surface area contributed by atoms with E-state index in [1.807, 2.05) is 48.5 Å². The highest BCUT2D eigenvalue weighted by atomic mass is 79.9. The molecule has 150 valence electrons. The number of halogens is 2. The van der Waals surface area contributed by atoms with Crippen molar-refractivity contribution >= 4 is 32.7 Å². The Morgan fingerprint density at radius 3 is 2.73 bits per heavy atom. The highest BCUT2D eigenvalue weighted by molar-refractivity contribution is 9.10. The molecule has 0 bridgehead atoms. The van der Waals surface area contributed by atoms with Crippen LogP contribution < -0.4 is 4.74 Å². The molecule has 0 spiro atoms. The normalized spacial score (nSPS) is 14.2. The first kappa shape index (κ1) is 18.9.